The van der Waals surface area contributed by atoms with Crippen molar-refractivity contribution in [2.24, 2.45) is 0 Å². The Hall–Kier alpha value is -2.55. The first-order valence-corrected chi connectivity index (χ1v) is 7.01. The van der Waals surface area contributed by atoms with E-state index >= 15 is 0 Å². The van der Waals surface area contributed by atoms with E-state index in [2.05, 4.69) is 0 Å². The van der Waals surface area contributed by atoms with Crippen LogP contribution in [-0.2, 0) is 10.0 Å². The Morgan fingerprint density at radius 3 is 2.29 bits per heavy atom. The lowest BCUT2D eigenvalue weighted by atomic mass is 10.3. The number of nitro groups is 1. The second kappa shape index (κ2) is 5.44. The van der Waals surface area contributed by atoms with E-state index in [4.69, 9.17) is 0 Å². The molecule has 0 fully saturated rings. The van der Waals surface area contributed by atoms with E-state index in [0.717, 1.165) is 18.2 Å². The Morgan fingerprint density at radius 2 is 1.71 bits per heavy atom. The molecule has 1 N–H and O–H groups in total. The van der Waals surface area contributed by atoms with Gasteiger partial charge in [-0.1, -0.05) is 12.1 Å². The summed E-state index contributed by atoms with van der Waals surface area (Å²) in [5.41, 5.74) is -1.16. The third kappa shape index (κ3) is 3.14. The number of nitro benzene ring substituents is 1. The van der Waals surface area contributed by atoms with Gasteiger partial charge in [0, 0.05) is 12.1 Å². The summed E-state index contributed by atoms with van der Waals surface area (Å²) in [5, 5.41) is 10.5. The molecule has 0 aliphatic heterocycles. The van der Waals surface area contributed by atoms with Crippen molar-refractivity contribution >= 4 is 21.4 Å². The van der Waals surface area contributed by atoms with Crippen molar-refractivity contribution < 1.29 is 22.1 Å². The smallest absolute Gasteiger partial charge is 0.277 e. The van der Waals surface area contributed by atoms with Crippen molar-refractivity contribution in [2.45, 2.75) is 4.90 Å². The van der Waals surface area contributed by atoms with Crippen molar-refractivity contribution in [3.05, 3.63) is 64.2 Å². The summed E-state index contributed by atoms with van der Waals surface area (Å²) in [6, 6.07) is 7.12. The zero-order valence-electron chi connectivity index (χ0n) is 10.3. The van der Waals surface area contributed by atoms with Gasteiger partial charge < -0.3 is 0 Å². The molecule has 0 atom stereocenters. The fourth-order valence-corrected chi connectivity index (χ4v) is 2.63. The third-order valence-corrected chi connectivity index (χ3v) is 3.91. The predicted molar refractivity (Wildman–Crippen MR) is 70.3 cm³/mol. The van der Waals surface area contributed by atoms with Crippen LogP contribution >= 0.6 is 0 Å². The van der Waals surface area contributed by atoms with Crippen molar-refractivity contribution in [2.75, 3.05) is 4.72 Å². The fraction of sp³-hybridized carbons (Fsp3) is 0. The number of sulfonamides is 1. The molecule has 0 aliphatic carbocycles. The normalized spacial score (nSPS) is 11.1. The molecule has 0 heterocycles. The number of para-hydroxylation sites is 1. The Morgan fingerprint density at radius 1 is 1.05 bits per heavy atom. The highest BCUT2D eigenvalue weighted by Gasteiger charge is 2.21. The maximum Gasteiger partial charge on any atom is 0.304 e. The third-order valence-electron chi connectivity index (χ3n) is 2.54. The number of benzene rings is 2. The summed E-state index contributed by atoms with van der Waals surface area (Å²) in [4.78, 5) is 8.95. The van der Waals surface area contributed by atoms with Gasteiger partial charge in [0.2, 0.25) is 5.82 Å². The highest BCUT2D eigenvalue weighted by Crippen LogP contribution is 2.23. The standard InChI is InChI=1S/C12H8F2N2O4S/c13-9-3-1-2-4-11(9)15-21(19,20)8-5-6-12(16(17)18)10(14)7-8/h1-7,15H. The zero-order chi connectivity index (χ0) is 15.6. The lowest BCUT2D eigenvalue weighted by Crippen LogP contribution is -2.14. The van der Waals surface area contributed by atoms with E-state index in [0.29, 0.717) is 6.07 Å². The second-order valence-electron chi connectivity index (χ2n) is 3.96. The topological polar surface area (TPSA) is 89.3 Å². The molecule has 0 unspecified atom stereocenters. The maximum absolute atomic E-state index is 13.4. The number of nitrogens with one attached hydrogen (secondary N) is 1. The second-order valence-corrected chi connectivity index (χ2v) is 5.64. The average molecular weight is 314 g/mol. The van der Waals surface area contributed by atoms with Gasteiger partial charge in [-0.3, -0.25) is 14.8 Å². The molecule has 0 saturated carbocycles. The van der Waals surface area contributed by atoms with E-state index in [-0.39, 0.29) is 5.69 Å². The highest BCUT2D eigenvalue weighted by molar-refractivity contribution is 7.92. The molecule has 0 radical (unpaired) electrons. The lowest BCUT2D eigenvalue weighted by Gasteiger charge is -2.08. The van der Waals surface area contributed by atoms with Gasteiger partial charge >= 0.3 is 5.69 Å². The Bertz CT molecular complexity index is 809. The first-order valence-electron chi connectivity index (χ1n) is 5.52. The predicted octanol–water partition coefficient (Wildman–Crippen LogP) is 2.67. The van der Waals surface area contributed by atoms with Crippen LogP contribution in [0.1, 0.15) is 0 Å². The molecular weight excluding hydrogens is 306 g/mol. The summed E-state index contributed by atoms with van der Waals surface area (Å²) in [5.74, 6) is -2.10. The van der Waals surface area contributed by atoms with Crippen LogP contribution in [0.15, 0.2) is 47.4 Å². The van der Waals surface area contributed by atoms with E-state index < -0.39 is 37.2 Å². The largest absolute Gasteiger partial charge is 0.304 e. The molecule has 0 saturated heterocycles. The number of rotatable bonds is 4. The Balaban J connectivity index is 2.39. The summed E-state index contributed by atoms with van der Waals surface area (Å²) in [6.45, 7) is 0. The molecule has 9 heteroatoms. The summed E-state index contributed by atoms with van der Waals surface area (Å²) >= 11 is 0. The summed E-state index contributed by atoms with van der Waals surface area (Å²) in [6.07, 6.45) is 0. The van der Waals surface area contributed by atoms with Crippen LogP contribution in [-0.4, -0.2) is 13.3 Å². The summed E-state index contributed by atoms with van der Waals surface area (Å²) < 4.78 is 52.7. The minimum atomic E-state index is -4.25. The van der Waals surface area contributed by atoms with Crippen LogP contribution in [0, 0.1) is 21.7 Å². The van der Waals surface area contributed by atoms with Gasteiger partial charge in [0.05, 0.1) is 15.5 Å². The van der Waals surface area contributed by atoms with Gasteiger partial charge in [-0.05, 0) is 18.2 Å². The molecule has 0 bridgehead atoms. The first-order chi connectivity index (χ1) is 9.81. The quantitative estimate of drug-likeness (QED) is 0.694. The number of halogens is 2. The summed E-state index contributed by atoms with van der Waals surface area (Å²) in [7, 11) is -4.25. The van der Waals surface area contributed by atoms with Gasteiger partial charge in [0.25, 0.3) is 10.0 Å². The minimum Gasteiger partial charge on any atom is -0.277 e. The Labute approximate surface area is 118 Å². The fourth-order valence-electron chi connectivity index (χ4n) is 1.55. The molecule has 2 rings (SSSR count). The molecular formula is C12H8F2N2O4S. The van der Waals surface area contributed by atoms with Crippen LogP contribution in [0.4, 0.5) is 20.2 Å². The van der Waals surface area contributed by atoms with Crippen molar-refractivity contribution in [1.29, 1.82) is 0 Å². The number of hydrogen-bond donors (Lipinski definition) is 1. The molecule has 6 nitrogen and oxygen atoms in total. The number of nitrogens with zero attached hydrogens (tertiary/aromatic N) is 1. The maximum atomic E-state index is 13.4. The molecule has 21 heavy (non-hydrogen) atoms. The molecule has 0 amide bonds. The van der Waals surface area contributed by atoms with Gasteiger partial charge in [0.15, 0.2) is 0 Å². The molecule has 0 aliphatic rings. The van der Waals surface area contributed by atoms with E-state index in [1.54, 1.807) is 0 Å². The van der Waals surface area contributed by atoms with Crippen LogP contribution in [0.2, 0.25) is 0 Å². The van der Waals surface area contributed by atoms with Crippen LogP contribution in [0.5, 0.6) is 0 Å². The molecule has 0 aromatic heterocycles. The van der Waals surface area contributed by atoms with Crippen LogP contribution in [0.25, 0.3) is 0 Å². The van der Waals surface area contributed by atoms with E-state index in [1.165, 1.54) is 18.2 Å². The van der Waals surface area contributed by atoms with Crippen molar-refractivity contribution in [3.63, 3.8) is 0 Å². The number of anilines is 1. The van der Waals surface area contributed by atoms with Gasteiger partial charge in [-0.2, -0.15) is 4.39 Å². The van der Waals surface area contributed by atoms with E-state index in [9.17, 15) is 27.3 Å². The van der Waals surface area contributed by atoms with Crippen LogP contribution < -0.4 is 4.72 Å². The average Bonchev–Trinajstić information content (AvgIpc) is 2.40. The molecule has 0 spiro atoms. The van der Waals surface area contributed by atoms with Gasteiger partial charge in [-0.25, -0.2) is 12.8 Å². The molecule has 2 aromatic carbocycles. The molecule has 110 valence electrons. The monoisotopic (exact) mass is 314 g/mol. The minimum absolute atomic E-state index is 0.309. The van der Waals surface area contributed by atoms with Crippen LogP contribution in [0.3, 0.4) is 0 Å². The SMILES string of the molecule is O=[N+]([O-])c1ccc(S(=O)(=O)Nc2ccccc2F)cc1F. The molecule has 2 aromatic rings. The van der Waals surface area contributed by atoms with E-state index in [1.807, 2.05) is 4.72 Å². The number of hydrogen-bond acceptors (Lipinski definition) is 4. The van der Waals surface area contributed by atoms with Crippen molar-refractivity contribution in [1.82, 2.24) is 0 Å². The lowest BCUT2D eigenvalue weighted by molar-refractivity contribution is -0.387. The zero-order valence-corrected chi connectivity index (χ0v) is 11.1. The first kappa shape index (κ1) is 14.9. The Kier molecular flexibility index (Phi) is 3.85. The highest BCUT2D eigenvalue weighted by atomic mass is 32.2. The van der Waals surface area contributed by atoms with Gasteiger partial charge in [-0.15, -0.1) is 0 Å². The van der Waals surface area contributed by atoms with Crippen molar-refractivity contribution in [3.8, 4) is 0 Å². The van der Waals surface area contributed by atoms with Gasteiger partial charge in [0.1, 0.15) is 5.82 Å².